The van der Waals surface area contributed by atoms with Crippen molar-refractivity contribution in [1.29, 1.82) is 0 Å². The average molecular weight is 292 g/mol. The molecule has 3 N–H and O–H groups in total. The highest BCUT2D eigenvalue weighted by Crippen LogP contribution is 2.08. The van der Waals surface area contributed by atoms with Gasteiger partial charge in [0.25, 0.3) is 0 Å². The van der Waals surface area contributed by atoms with Crippen LogP contribution in [-0.4, -0.2) is 56.6 Å². The summed E-state index contributed by atoms with van der Waals surface area (Å²) in [5.74, 6) is -1.09. The standard InChI is InChI=1S/C11H24N2O5Si/c1-13(18-6-5-9(12)10(14)15)11(16)17-7-8-19(2,3)4/h9H,5-8,12H2,1-4H3,(H,14,15). The first kappa shape index (κ1) is 17.9. The Hall–Kier alpha value is -1.12. The molecular weight excluding hydrogens is 268 g/mol. The van der Waals surface area contributed by atoms with Crippen LogP contribution < -0.4 is 5.73 Å². The minimum absolute atomic E-state index is 0.0487. The molecule has 0 aromatic carbocycles. The SMILES string of the molecule is CN(OCCC(N)C(=O)O)C(=O)OCC[Si](C)(C)C. The molecule has 0 radical (unpaired) electrons. The third-order valence-corrected chi connectivity index (χ3v) is 4.07. The zero-order valence-corrected chi connectivity index (χ0v) is 13.0. The molecule has 1 amide bonds. The smallest absolute Gasteiger partial charge is 0.433 e. The molecule has 0 aromatic rings. The van der Waals surface area contributed by atoms with E-state index in [1.807, 2.05) is 0 Å². The molecule has 0 heterocycles. The van der Waals surface area contributed by atoms with Crippen molar-refractivity contribution in [2.45, 2.75) is 38.1 Å². The second-order valence-corrected chi connectivity index (χ2v) is 11.1. The van der Waals surface area contributed by atoms with Gasteiger partial charge in [0, 0.05) is 15.1 Å². The van der Waals surface area contributed by atoms with Gasteiger partial charge < -0.3 is 15.6 Å². The number of hydrogen-bond acceptors (Lipinski definition) is 5. The predicted octanol–water partition coefficient (Wildman–Crippen LogP) is 1.13. The monoisotopic (exact) mass is 292 g/mol. The van der Waals surface area contributed by atoms with Gasteiger partial charge in [0.05, 0.1) is 13.2 Å². The summed E-state index contributed by atoms with van der Waals surface area (Å²) in [4.78, 5) is 27.0. The molecule has 0 aliphatic carbocycles. The second kappa shape index (κ2) is 8.13. The Balaban J connectivity index is 3.79. The largest absolute Gasteiger partial charge is 0.480 e. The number of carboxylic acids is 1. The first-order valence-electron chi connectivity index (χ1n) is 6.15. The number of amides is 1. The van der Waals surface area contributed by atoms with Crippen molar-refractivity contribution in [1.82, 2.24) is 5.06 Å². The summed E-state index contributed by atoms with van der Waals surface area (Å²) in [5.41, 5.74) is 5.30. The minimum atomic E-state index is -1.23. The molecule has 0 aliphatic heterocycles. The van der Waals surface area contributed by atoms with E-state index >= 15 is 0 Å². The van der Waals surface area contributed by atoms with Crippen LogP contribution in [0, 0.1) is 0 Å². The zero-order valence-electron chi connectivity index (χ0n) is 12.0. The van der Waals surface area contributed by atoms with Crippen molar-refractivity contribution in [3.63, 3.8) is 0 Å². The van der Waals surface area contributed by atoms with Crippen molar-refractivity contribution in [3.8, 4) is 0 Å². The number of aliphatic carboxylic acids is 1. The zero-order chi connectivity index (χ0) is 15.1. The van der Waals surface area contributed by atoms with Crippen LogP contribution in [0.1, 0.15) is 6.42 Å². The fourth-order valence-corrected chi connectivity index (χ4v) is 1.74. The van der Waals surface area contributed by atoms with Gasteiger partial charge in [0.1, 0.15) is 6.04 Å². The molecule has 0 rings (SSSR count). The van der Waals surface area contributed by atoms with Gasteiger partial charge in [-0.15, -0.1) is 0 Å². The van der Waals surface area contributed by atoms with Crippen molar-refractivity contribution < 1.29 is 24.3 Å². The maximum Gasteiger partial charge on any atom is 0.433 e. The van der Waals surface area contributed by atoms with E-state index in [1.165, 1.54) is 7.05 Å². The molecule has 19 heavy (non-hydrogen) atoms. The normalized spacial score (nSPS) is 12.9. The summed E-state index contributed by atoms with van der Waals surface area (Å²) in [7, 11) is 0.190. The molecule has 1 atom stereocenters. The Kier molecular flexibility index (Phi) is 7.65. The maximum absolute atomic E-state index is 11.5. The van der Waals surface area contributed by atoms with E-state index in [1.54, 1.807) is 0 Å². The van der Waals surface area contributed by atoms with Gasteiger partial charge in [-0.25, -0.2) is 4.79 Å². The van der Waals surface area contributed by atoms with E-state index in [-0.39, 0.29) is 13.0 Å². The Bertz CT molecular complexity index is 306. The quantitative estimate of drug-likeness (QED) is 0.513. The highest BCUT2D eigenvalue weighted by molar-refractivity contribution is 6.76. The summed E-state index contributed by atoms with van der Waals surface area (Å²) < 4.78 is 5.03. The van der Waals surface area contributed by atoms with Crippen molar-refractivity contribution in [2.75, 3.05) is 20.3 Å². The van der Waals surface area contributed by atoms with E-state index < -0.39 is 26.2 Å². The Morgan fingerprint density at radius 3 is 2.37 bits per heavy atom. The van der Waals surface area contributed by atoms with Crippen LogP contribution in [0.5, 0.6) is 0 Å². The Labute approximate surface area is 114 Å². The molecule has 112 valence electrons. The maximum atomic E-state index is 11.5. The third kappa shape index (κ3) is 9.45. The van der Waals surface area contributed by atoms with E-state index in [0.29, 0.717) is 6.61 Å². The predicted molar refractivity (Wildman–Crippen MR) is 73.4 cm³/mol. The summed E-state index contributed by atoms with van der Waals surface area (Å²) in [6.07, 6.45) is -0.455. The molecule has 0 spiro atoms. The topological polar surface area (TPSA) is 102 Å². The van der Waals surface area contributed by atoms with Crippen LogP contribution in [0.25, 0.3) is 0 Å². The number of carbonyl (C=O) groups excluding carboxylic acids is 1. The number of ether oxygens (including phenoxy) is 1. The van der Waals surface area contributed by atoms with Crippen LogP contribution in [0.15, 0.2) is 0 Å². The second-order valence-electron chi connectivity index (χ2n) is 5.49. The minimum Gasteiger partial charge on any atom is -0.480 e. The summed E-state index contributed by atoms with van der Waals surface area (Å²) >= 11 is 0. The van der Waals surface area contributed by atoms with Gasteiger partial charge in [0.2, 0.25) is 0 Å². The number of nitrogens with zero attached hydrogens (tertiary/aromatic N) is 1. The third-order valence-electron chi connectivity index (χ3n) is 2.37. The fraction of sp³-hybridized carbons (Fsp3) is 0.818. The van der Waals surface area contributed by atoms with Crippen molar-refractivity contribution >= 4 is 20.1 Å². The van der Waals surface area contributed by atoms with Crippen molar-refractivity contribution in [2.24, 2.45) is 5.73 Å². The lowest BCUT2D eigenvalue weighted by molar-refractivity contribution is -0.142. The highest BCUT2D eigenvalue weighted by atomic mass is 28.3. The number of carbonyl (C=O) groups is 2. The van der Waals surface area contributed by atoms with Crippen LogP contribution in [0.2, 0.25) is 25.7 Å². The Morgan fingerprint density at radius 1 is 1.32 bits per heavy atom. The van der Waals surface area contributed by atoms with E-state index in [2.05, 4.69) is 19.6 Å². The van der Waals surface area contributed by atoms with E-state index in [9.17, 15) is 9.59 Å². The number of carboxylic acid groups (broad SMARTS) is 1. The molecule has 8 heteroatoms. The number of hydroxylamine groups is 2. The van der Waals surface area contributed by atoms with Gasteiger partial charge in [-0.05, 0) is 12.5 Å². The summed E-state index contributed by atoms with van der Waals surface area (Å²) in [6, 6.07) is -0.104. The molecule has 7 nitrogen and oxygen atoms in total. The first-order chi connectivity index (χ1) is 8.63. The molecule has 0 aliphatic rings. The molecule has 1 unspecified atom stereocenters. The van der Waals surface area contributed by atoms with Crippen LogP contribution in [0.4, 0.5) is 4.79 Å². The summed E-state index contributed by atoms with van der Waals surface area (Å²) in [6.45, 7) is 6.99. The van der Waals surface area contributed by atoms with Gasteiger partial charge in [0.15, 0.2) is 0 Å². The highest BCUT2D eigenvalue weighted by Gasteiger charge is 2.17. The van der Waals surface area contributed by atoms with Crippen LogP contribution in [-0.2, 0) is 14.4 Å². The molecule has 0 aromatic heterocycles. The number of hydrogen-bond donors (Lipinski definition) is 2. The van der Waals surface area contributed by atoms with E-state index in [0.717, 1.165) is 11.1 Å². The van der Waals surface area contributed by atoms with Crippen molar-refractivity contribution in [3.05, 3.63) is 0 Å². The van der Waals surface area contributed by atoms with Gasteiger partial charge in [-0.2, -0.15) is 5.06 Å². The Morgan fingerprint density at radius 2 is 1.89 bits per heavy atom. The lowest BCUT2D eigenvalue weighted by Gasteiger charge is -2.19. The summed E-state index contributed by atoms with van der Waals surface area (Å²) in [5, 5.41) is 9.52. The molecule has 0 fully saturated rings. The molecule has 0 saturated heterocycles. The van der Waals surface area contributed by atoms with Crippen LogP contribution in [0.3, 0.4) is 0 Å². The molecular formula is C11H24N2O5Si. The van der Waals surface area contributed by atoms with Crippen LogP contribution >= 0.6 is 0 Å². The first-order valence-corrected chi connectivity index (χ1v) is 9.86. The van der Waals surface area contributed by atoms with Gasteiger partial charge >= 0.3 is 12.1 Å². The average Bonchev–Trinajstić information content (AvgIpc) is 2.26. The van der Waals surface area contributed by atoms with Gasteiger partial charge in [-0.3, -0.25) is 9.63 Å². The number of nitrogens with two attached hydrogens (primary N) is 1. The van der Waals surface area contributed by atoms with E-state index in [4.69, 9.17) is 20.4 Å². The fourth-order valence-electron chi connectivity index (χ4n) is 1.03. The lowest BCUT2D eigenvalue weighted by Crippen LogP contribution is -2.34. The molecule has 0 bridgehead atoms. The van der Waals surface area contributed by atoms with Gasteiger partial charge in [-0.1, -0.05) is 19.6 Å². The lowest BCUT2D eigenvalue weighted by atomic mass is 10.2. The molecule has 0 saturated carbocycles. The number of rotatable bonds is 8.